The van der Waals surface area contributed by atoms with Gasteiger partial charge in [0, 0.05) is 12.5 Å². The Balaban J connectivity index is 2.42. The van der Waals surface area contributed by atoms with Crippen LogP contribution in [0.3, 0.4) is 0 Å². The van der Waals surface area contributed by atoms with E-state index in [2.05, 4.69) is 13.8 Å². The number of rotatable bonds is 6. The third kappa shape index (κ3) is 5.00. The molecule has 0 bridgehead atoms. The summed E-state index contributed by atoms with van der Waals surface area (Å²) in [7, 11) is 0. The number of carbonyl (C=O) groups excluding carboxylic acids is 1. The van der Waals surface area contributed by atoms with Crippen molar-refractivity contribution in [3.8, 4) is 0 Å². The highest BCUT2D eigenvalue weighted by molar-refractivity contribution is 5.89. The van der Waals surface area contributed by atoms with Crippen LogP contribution in [0.4, 0.5) is 0 Å². The van der Waals surface area contributed by atoms with Gasteiger partial charge < -0.3 is 9.84 Å². The fourth-order valence-corrected chi connectivity index (χ4v) is 1.71. The highest BCUT2D eigenvalue weighted by atomic mass is 16.5. The van der Waals surface area contributed by atoms with Crippen LogP contribution in [-0.2, 0) is 4.74 Å². The monoisotopic (exact) mass is 236 g/mol. The Morgan fingerprint density at radius 1 is 1.29 bits per heavy atom. The molecule has 94 valence electrons. The highest BCUT2D eigenvalue weighted by Gasteiger charge is 2.13. The zero-order chi connectivity index (χ0) is 12.7. The summed E-state index contributed by atoms with van der Waals surface area (Å²) in [6.07, 6.45) is 0.860. The van der Waals surface area contributed by atoms with Crippen LogP contribution in [0, 0.1) is 11.8 Å². The lowest BCUT2D eigenvalue weighted by Crippen LogP contribution is -2.19. The summed E-state index contributed by atoms with van der Waals surface area (Å²) in [5, 5.41) is 9.17. The predicted molar refractivity (Wildman–Crippen MR) is 66.8 cm³/mol. The molecular weight excluding hydrogens is 216 g/mol. The van der Waals surface area contributed by atoms with Crippen molar-refractivity contribution in [1.82, 2.24) is 0 Å². The minimum Gasteiger partial charge on any atom is -0.462 e. The Kier molecular flexibility index (Phi) is 5.70. The first-order valence-corrected chi connectivity index (χ1v) is 5.96. The number of hydrogen-bond acceptors (Lipinski definition) is 3. The average molecular weight is 236 g/mol. The molecule has 1 aromatic rings. The fraction of sp³-hybridized carbons (Fsp3) is 0.500. The fourth-order valence-electron chi connectivity index (χ4n) is 1.71. The first kappa shape index (κ1) is 13.7. The Morgan fingerprint density at radius 3 is 2.47 bits per heavy atom. The number of hydrogen-bond donors (Lipinski definition) is 1. The van der Waals surface area contributed by atoms with Gasteiger partial charge >= 0.3 is 5.97 Å². The molecule has 3 heteroatoms. The predicted octanol–water partition coefficient (Wildman–Crippen LogP) is 2.50. The van der Waals surface area contributed by atoms with Gasteiger partial charge in [0.15, 0.2) is 0 Å². The molecule has 0 heterocycles. The van der Waals surface area contributed by atoms with Crippen molar-refractivity contribution in [1.29, 1.82) is 0 Å². The van der Waals surface area contributed by atoms with Crippen molar-refractivity contribution in [2.24, 2.45) is 11.8 Å². The van der Waals surface area contributed by atoms with Crippen LogP contribution in [-0.4, -0.2) is 24.3 Å². The molecule has 1 unspecified atom stereocenters. The van der Waals surface area contributed by atoms with Crippen LogP contribution >= 0.6 is 0 Å². The van der Waals surface area contributed by atoms with Gasteiger partial charge in [0.25, 0.3) is 0 Å². The molecule has 1 N–H and O–H groups in total. The number of aliphatic hydroxyl groups is 1. The van der Waals surface area contributed by atoms with E-state index in [4.69, 9.17) is 9.84 Å². The van der Waals surface area contributed by atoms with Crippen molar-refractivity contribution in [2.45, 2.75) is 20.3 Å². The van der Waals surface area contributed by atoms with Crippen LogP contribution in [0.1, 0.15) is 30.6 Å². The van der Waals surface area contributed by atoms with Crippen LogP contribution in [0.5, 0.6) is 0 Å². The largest absolute Gasteiger partial charge is 0.462 e. The third-order valence-electron chi connectivity index (χ3n) is 2.52. The van der Waals surface area contributed by atoms with Crippen molar-refractivity contribution in [3.05, 3.63) is 35.9 Å². The summed E-state index contributed by atoms with van der Waals surface area (Å²) in [6, 6.07) is 8.89. The van der Waals surface area contributed by atoms with Crippen molar-refractivity contribution < 1.29 is 14.6 Å². The molecule has 0 aromatic heterocycles. The Labute approximate surface area is 102 Å². The van der Waals surface area contributed by atoms with Gasteiger partial charge in [-0.15, -0.1) is 0 Å². The molecule has 1 aromatic carbocycles. The first-order chi connectivity index (χ1) is 8.13. The first-order valence-electron chi connectivity index (χ1n) is 5.96. The van der Waals surface area contributed by atoms with E-state index in [1.54, 1.807) is 24.3 Å². The topological polar surface area (TPSA) is 46.5 Å². The number of aliphatic hydroxyl groups excluding tert-OH is 1. The molecule has 0 spiro atoms. The van der Waals surface area contributed by atoms with E-state index in [1.807, 2.05) is 6.07 Å². The molecular formula is C14H20O3. The van der Waals surface area contributed by atoms with E-state index in [0.717, 1.165) is 6.42 Å². The molecule has 0 saturated heterocycles. The maximum atomic E-state index is 11.6. The van der Waals surface area contributed by atoms with Gasteiger partial charge in [-0.05, 0) is 24.5 Å². The van der Waals surface area contributed by atoms with Gasteiger partial charge in [0.1, 0.15) is 0 Å². The molecule has 0 aliphatic heterocycles. The van der Waals surface area contributed by atoms with E-state index >= 15 is 0 Å². The molecule has 1 atom stereocenters. The molecule has 0 saturated carbocycles. The van der Waals surface area contributed by atoms with E-state index in [-0.39, 0.29) is 25.1 Å². The van der Waals surface area contributed by atoms with E-state index in [1.165, 1.54) is 0 Å². The number of esters is 1. The zero-order valence-electron chi connectivity index (χ0n) is 10.4. The van der Waals surface area contributed by atoms with Gasteiger partial charge in [0.05, 0.1) is 12.2 Å². The third-order valence-corrected chi connectivity index (χ3v) is 2.52. The maximum Gasteiger partial charge on any atom is 0.338 e. The SMILES string of the molecule is CC(C)CC(CO)COC(=O)c1ccccc1. The molecule has 3 nitrogen and oxygen atoms in total. The number of carbonyl (C=O) groups is 1. The molecule has 17 heavy (non-hydrogen) atoms. The summed E-state index contributed by atoms with van der Waals surface area (Å²) in [5.41, 5.74) is 0.550. The summed E-state index contributed by atoms with van der Waals surface area (Å²) in [6.45, 7) is 4.51. The Bertz CT molecular complexity index is 333. The molecule has 0 aliphatic carbocycles. The number of benzene rings is 1. The van der Waals surface area contributed by atoms with Crippen LogP contribution in [0.25, 0.3) is 0 Å². The smallest absolute Gasteiger partial charge is 0.338 e. The average Bonchev–Trinajstić information content (AvgIpc) is 2.34. The zero-order valence-corrected chi connectivity index (χ0v) is 10.4. The van der Waals surface area contributed by atoms with Gasteiger partial charge in [-0.25, -0.2) is 4.79 Å². The minimum absolute atomic E-state index is 0.0302. The standard InChI is InChI=1S/C14H20O3/c1-11(2)8-12(9-15)10-17-14(16)13-6-4-3-5-7-13/h3-7,11-12,15H,8-10H2,1-2H3. The quantitative estimate of drug-likeness (QED) is 0.772. The van der Waals surface area contributed by atoms with Crippen LogP contribution < -0.4 is 0 Å². The number of ether oxygens (including phenoxy) is 1. The lowest BCUT2D eigenvalue weighted by Gasteiger charge is -2.16. The molecule has 0 fully saturated rings. The van der Waals surface area contributed by atoms with Gasteiger partial charge in [-0.3, -0.25) is 0 Å². The van der Waals surface area contributed by atoms with E-state index < -0.39 is 0 Å². The lowest BCUT2D eigenvalue weighted by atomic mass is 9.99. The Morgan fingerprint density at radius 2 is 1.94 bits per heavy atom. The summed E-state index contributed by atoms with van der Waals surface area (Å²) in [5.74, 6) is 0.193. The summed E-state index contributed by atoms with van der Waals surface area (Å²) < 4.78 is 5.18. The summed E-state index contributed by atoms with van der Waals surface area (Å²) >= 11 is 0. The lowest BCUT2D eigenvalue weighted by molar-refractivity contribution is 0.0363. The van der Waals surface area contributed by atoms with Crippen molar-refractivity contribution in [2.75, 3.05) is 13.2 Å². The molecule has 0 amide bonds. The van der Waals surface area contributed by atoms with Crippen molar-refractivity contribution >= 4 is 5.97 Å². The van der Waals surface area contributed by atoms with Crippen LogP contribution in [0.15, 0.2) is 30.3 Å². The second-order valence-corrected chi connectivity index (χ2v) is 4.64. The minimum atomic E-state index is -0.326. The van der Waals surface area contributed by atoms with Crippen molar-refractivity contribution in [3.63, 3.8) is 0 Å². The van der Waals surface area contributed by atoms with Crippen LogP contribution in [0.2, 0.25) is 0 Å². The van der Waals surface area contributed by atoms with Gasteiger partial charge in [-0.1, -0.05) is 32.0 Å². The molecule has 0 radical (unpaired) electrons. The molecule has 1 rings (SSSR count). The summed E-state index contributed by atoms with van der Waals surface area (Å²) in [4.78, 5) is 11.6. The normalized spacial score (nSPS) is 12.5. The molecule has 0 aliphatic rings. The highest BCUT2D eigenvalue weighted by Crippen LogP contribution is 2.12. The van der Waals surface area contributed by atoms with Gasteiger partial charge in [-0.2, -0.15) is 0 Å². The second kappa shape index (κ2) is 7.07. The van der Waals surface area contributed by atoms with E-state index in [0.29, 0.717) is 11.5 Å². The second-order valence-electron chi connectivity index (χ2n) is 4.64. The van der Waals surface area contributed by atoms with E-state index in [9.17, 15) is 4.79 Å². The Hall–Kier alpha value is -1.35. The maximum absolute atomic E-state index is 11.6. The van der Waals surface area contributed by atoms with Gasteiger partial charge in [0.2, 0.25) is 0 Å².